The van der Waals surface area contributed by atoms with Crippen molar-refractivity contribution in [2.75, 3.05) is 0 Å². The summed E-state index contributed by atoms with van der Waals surface area (Å²) >= 11 is 0. The topological polar surface area (TPSA) is 9.23 Å². The van der Waals surface area contributed by atoms with Crippen LogP contribution in [-0.2, 0) is 4.74 Å². The van der Waals surface area contributed by atoms with Gasteiger partial charge in [0.15, 0.2) is 0 Å². The fraction of sp³-hybridized carbons (Fsp3) is 1.00. The van der Waals surface area contributed by atoms with Crippen LogP contribution in [0.25, 0.3) is 0 Å². The highest BCUT2D eigenvalue weighted by atomic mass is 16.5. The first kappa shape index (κ1) is 29.0. The highest BCUT2D eigenvalue weighted by Crippen LogP contribution is 2.16. The first-order valence-electron chi connectivity index (χ1n) is 13.9. The SMILES string of the molecule is CCCCCCCCCCCCC(C)OC(C)CCCCCCCCCCCC. The van der Waals surface area contributed by atoms with E-state index in [4.69, 9.17) is 4.74 Å². The minimum absolute atomic E-state index is 0.446. The third-order valence-corrected chi connectivity index (χ3v) is 6.39. The molecule has 0 saturated heterocycles. The lowest BCUT2D eigenvalue weighted by Crippen LogP contribution is -2.17. The van der Waals surface area contributed by atoms with Crippen molar-refractivity contribution in [2.24, 2.45) is 0 Å². The molecule has 0 fully saturated rings. The predicted octanol–water partition coefficient (Wildman–Crippen LogP) is 10.4. The molecule has 29 heavy (non-hydrogen) atoms. The molecular weight excluding hydrogens is 352 g/mol. The maximum absolute atomic E-state index is 6.22. The summed E-state index contributed by atoms with van der Waals surface area (Å²) in [6.07, 6.45) is 31.8. The standard InChI is InChI=1S/C28H58O/c1-5-7-9-11-13-15-17-19-21-23-25-27(3)29-28(4)26-24-22-20-18-16-14-12-10-8-6-2/h27-28H,5-26H2,1-4H3. The van der Waals surface area contributed by atoms with Gasteiger partial charge in [-0.15, -0.1) is 0 Å². The van der Waals surface area contributed by atoms with Crippen LogP contribution in [0.3, 0.4) is 0 Å². The van der Waals surface area contributed by atoms with Gasteiger partial charge in [0.2, 0.25) is 0 Å². The Labute approximate surface area is 186 Å². The maximum Gasteiger partial charge on any atom is 0.0550 e. The minimum Gasteiger partial charge on any atom is -0.376 e. The second-order valence-electron chi connectivity index (χ2n) is 9.70. The molecule has 0 N–H and O–H groups in total. The monoisotopic (exact) mass is 410 g/mol. The summed E-state index contributed by atoms with van der Waals surface area (Å²) in [5.41, 5.74) is 0. The van der Waals surface area contributed by atoms with E-state index in [1.807, 2.05) is 0 Å². The van der Waals surface area contributed by atoms with Crippen LogP contribution in [0.4, 0.5) is 0 Å². The summed E-state index contributed by atoms with van der Waals surface area (Å²) < 4.78 is 6.22. The summed E-state index contributed by atoms with van der Waals surface area (Å²) in [7, 11) is 0. The Kier molecular flexibility index (Phi) is 24.2. The normalized spacial score (nSPS) is 13.7. The van der Waals surface area contributed by atoms with Crippen molar-refractivity contribution in [3.05, 3.63) is 0 Å². The Morgan fingerprint density at radius 2 is 0.621 bits per heavy atom. The highest BCUT2D eigenvalue weighted by Gasteiger charge is 2.08. The molecule has 0 rings (SSSR count). The van der Waals surface area contributed by atoms with Crippen LogP contribution in [0, 0.1) is 0 Å². The number of hydrogen-bond donors (Lipinski definition) is 0. The zero-order valence-electron chi connectivity index (χ0n) is 21.1. The fourth-order valence-corrected chi connectivity index (χ4v) is 4.37. The minimum atomic E-state index is 0.446. The molecule has 176 valence electrons. The van der Waals surface area contributed by atoms with Crippen LogP contribution in [0.2, 0.25) is 0 Å². The largest absolute Gasteiger partial charge is 0.376 e. The Bertz CT molecular complexity index is 260. The summed E-state index contributed by atoms with van der Waals surface area (Å²) in [4.78, 5) is 0. The molecule has 0 amide bonds. The van der Waals surface area contributed by atoms with E-state index >= 15 is 0 Å². The van der Waals surface area contributed by atoms with E-state index in [0.29, 0.717) is 12.2 Å². The summed E-state index contributed by atoms with van der Waals surface area (Å²) in [6, 6.07) is 0. The van der Waals surface area contributed by atoms with Gasteiger partial charge in [-0.25, -0.2) is 0 Å². The third kappa shape index (κ3) is 24.1. The Hall–Kier alpha value is -0.0400. The van der Waals surface area contributed by atoms with Crippen LogP contribution < -0.4 is 0 Å². The quantitative estimate of drug-likeness (QED) is 0.144. The van der Waals surface area contributed by atoms with Gasteiger partial charge in [-0.2, -0.15) is 0 Å². The van der Waals surface area contributed by atoms with Crippen molar-refractivity contribution in [1.82, 2.24) is 0 Å². The first-order valence-corrected chi connectivity index (χ1v) is 13.9. The lowest BCUT2D eigenvalue weighted by Gasteiger charge is -2.19. The Morgan fingerprint density at radius 1 is 0.379 bits per heavy atom. The predicted molar refractivity (Wildman–Crippen MR) is 133 cm³/mol. The van der Waals surface area contributed by atoms with Crippen LogP contribution >= 0.6 is 0 Å². The number of rotatable bonds is 24. The van der Waals surface area contributed by atoms with Gasteiger partial charge in [0, 0.05) is 0 Å². The number of unbranched alkanes of at least 4 members (excludes halogenated alkanes) is 18. The molecule has 0 saturated carbocycles. The number of hydrogen-bond acceptors (Lipinski definition) is 1. The van der Waals surface area contributed by atoms with Gasteiger partial charge in [-0.05, 0) is 26.7 Å². The Balaban J connectivity index is 3.29. The van der Waals surface area contributed by atoms with Crippen LogP contribution in [0.15, 0.2) is 0 Å². The van der Waals surface area contributed by atoms with Crippen molar-refractivity contribution >= 4 is 0 Å². The molecule has 1 heteroatoms. The second kappa shape index (κ2) is 24.2. The molecule has 2 unspecified atom stereocenters. The van der Waals surface area contributed by atoms with Gasteiger partial charge in [-0.1, -0.05) is 142 Å². The molecule has 0 aliphatic carbocycles. The summed E-state index contributed by atoms with van der Waals surface area (Å²) in [5.74, 6) is 0. The van der Waals surface area contributed by atoms with Crippen LogP contribution in [0.5, 0.6) is 0 Å². The van der Waals surface area contributed by atoms with Gasteiger partial charge in [0.1, 0.15) is 0 Å². The molecule has 0 aliphatic heterocycles. The molecule has 0 aromatic heterocycles. The van der Waals surface area contributed by atoms with Crippen molar-refractivity contribution < 1.29 is 4.74 Å². The van der Waals surface area contributed by atoms with Crippen molar-refractivity contribution in [1.29, 1.82) is 0 Å². The fourth-order valence-electron chi connectivity index (χ4n) is 4.37. The molecule has 0 aromatic carbocycles. The zero-order chi connectivity index (χ0) is 21.4. The van der Waals surface area contributed by atoms with E-state index < -0.39 is 0 Å². The summed E-state index contributed by atoms with van der Waals surface area (Å²) in [5, 5.41) is 0. The van der Waals surface area contributed by atoms with Gasteiger partial charge in [0.25, 0.3) is 0 Å². The molecule has 2 atom stereocenters. The molecule has 0 radical (unpaired) electrons. The second-order valence-corrected chi connectivity index (χ2v) is 9.70. The lowest BCUT2D eigenvalue weighted by atomic mass is 10.0. The molecule has 0 spiro atoms. The zero-order valence-corrected chi connectivity index (χ0v) is 21.1. The van der Waals surface area contributed by atoms with E-state index in [2.05, 4.69) is 27.7 Å². The molecular formula is C28H58O. The van der Waals surface area contributed by atoms with Crippen molar-refractivity contribution in [2.45, 2.75) is 181 Å². The van der Waals surface area contributed by atoms with Crippen LogP contribution in [0.1, 0.15) is 169 Å². The van der Waals surface area contributed by atoms with Gasteiger partial charge in [-0.3, -0.25) is 0 Å². The van der Waals surface area contributed by atoms with E-state index in [9.17, 15) is 0 Å². The average molecular weight is 411 g/mol. The Morgan fingerprint density at radius 3 is 0.897 bits per heavy atom. The molecule has 0 aromatic rings. The molecule has 1 nitrogen and oxygen atoms in total. The maximum atomic E-state index is 6.22. The highest BCUT2D eigenvalue weighted by molar-refractivity contribution is 4.58. The molecule has 0 aliphatic rings. The molecule has 0 bridgehead atoms. The van der Waals surface area contributed by atoms with E-state index in [1.165, 1.54) is 141 Å². The van der Waals surface area contributed by atoms with Gasteiger partial charge in [0.05, 0.1) is 12.2 Å². The van der Waals surface area contributed by atoms with E-state index in [0.717, 1.165) is 0 Å². The summed E-state index contributed by atoms with van der Waals surface area (Å²) in [6.45, 7) is 9.15. The molecule has 0 heterocycles. The van der Waals surface area contributed by atoms with Crippen LogP contribution in [-0.4, -0.2) is 12.2 Å². The van der Waals surface area contributed by atoms with E-state index in [-0.39, 0.29) is 0 Å². The van der Waals surface area contributed by atoms with Gasteiger partial charge >= 0.3 is 0 Å². The van der Waals surface area contributed by atoms with Crippen molar-refractivity contribution in [3.8, 4) is 0 Å². The first-order chi connectivity index (χ1) is 14.2. The lowest BCUT2D eigenvalue weighted by molar-refractivity contribution is -0.00232. The average Bonchev–Trinajstić information content (AvgIpc) is 2.70. The number of ether oxygens (including phenoxy) is 1. The van der Waals surface area contributed by atoms with Gasteiger partial charge < -0.3 is 4.74 Å². The van der Waals surface area contributed by atoms with E-state index in [1.54, 1.807) is 0 Å². The van der Waals surface area contributed by atoms with Crippen molar-refractivity contribution in [3.63, 3.8) is 0 Å². The third-order valence-electron chi connectivity index (χ3n) is 6.39. The smallest absolute Gasteiger partial charge is 0.0550 e.